The molecule has 0 radical (unpaired) electrons. The lowest BCUT2D eigenvalue weighted by Crippen LogP contribution is -2.47. The Bertz CT molecular complexity index is 464. The fourth-order valence-corrected chi connectivity index (χ4v) is 2.47. The van der Waals surface area contributed by atoms with Crippen molar-refractivity contribution in [1.82, 2.24) is 15.1 Å². The first-order valence-electron chi connectivity index (χ1n) is 7.34. The molecule has 6 heteroatoms. The number of ether oxygens (including phenoxy) is 1. The number of aromatic nitrogens is 2. The molecule has 1 aliphatic heterocycles. The molecule has 0 aliphatic carbocycles. The lowest BCUT2D eigenvalue weighted by atomic mass is 10.0. The van der Waals surface area contributed by atoms with Gasteiger partial charge < -0.3 is 14.5 Å². The maximum atomic E-state index is 12.1. The molecule has 0 aromatic carbocycles. The third kappa shape index (κ3) is 4.31. The van der Waals surface area contributed by atoms with Crippen molar-refractivity contribution in [3.8, 4) is 0 Å². The molecule has 2 heterocycles. The van der Waals surface area contributed by atoms with Crippen LogP contribution in [0.4, 0.5) is 10.5 Å². The number of rotatable bonds is 2. The van der Waals surface area contributed by atoms with Crippen molar-refractivity contribution in [2.24, 2.45) is 0 Å². The topological polar surface area (TPSA) is 58.6 Å². The number of hydrogen-bond acceptors (Lipinski definition) is 5. The van der Waals surface area contributed by atoms with Gasteiger partial charge in [0.25, 0.3) is 0 Å². The van der Waals surface area contributed by atoms with Crippen LogP contribution >= 0.6 is 0 Å². The van der Waals surface area contributed by atoms with Gasteiger partial charge in [-0.15, -0.1) is 0 Å². The van der Waals surface area contributed by atoms with Crippen LogP contribution in [0.5, 0.6) is 0 Å². The van der Waals surface area contributed by atoms with Crippen molar-refractivity contribution in [2.45, 2.75) is 45.3 Å². The SMILES string of the molecule is CN(C(=O)OC(C)(C)C)C1CCN(c2ccnnc2)CC1. The average Bonchev–Trinajstić information content (AvgIpc) is 2.46. The molecule has 0 N–H and O–H groups in total. The van der Waals surface area contributed by atoms with E-state index < -0.39 is 5.60 Å². The molecule has 1 amide bonds. The van der Waals surface area contributed by atoms with E-state index in [1.807, 2.05) is 33.9 Å². The second kappa shape index (κ2) is 6.28. The molecule has 0 bridgehead atoms. The summed E-state index contributed by atoms with van der Waals surface area (Å²) in [5, 5.41) is 7.70. The van der Waals surface area contributed by atoms with Gasteiger partial charge in [-0.05, 0) is 39.7 Å². The van der Waals surface area contributed by atoms with Crippen molar-refractivity contribution < 1.29 is 9.53 Å². The standard InChI is InChI=1S/C15H24N4O2/c1-15(2,3)21-14(20)18(4)12-6-9-19(10-7-12)13-5-8-16-17-11-13/h5,8,11-12H,6-7,9-10H2,1-4H3. The number of carbonyl (C=O) groups is 1. The van der Waals surface area contributed by atoms with Gasteiger partial charge in [-0.3, -0.25) is 0 Å². The maximum Gasteiger partial charge on any atom is 0.410 e. The molecule has 21 heavy (non-hydrogen) atoms. The van der Waals surface area contributed by atoms with E-state index in [-0.39, 0.29) is 12.1 Å². The van der Waals surface area contributed by atoms with E-state index in [4.69, 9.17) is 4.74 Å². The predicted octanol–water partition coefficient (Wildman–Crippen LogP) is 2.31. The number of anilines is 1. The van der Waals surface area contributed by atoms with Gasteiger partial charge in [-0.25, -0.2) is 4.79 Å². The molecule has 0 atom stereocenters. The van der Waals surface area contributed by atoms with Crippen LogP contribution in [0.15, 0.2) is 18.5 Å². The van der Waals surface area contributed by atoms with E-state index >= 15 is 0 Å². The highest BCUT2D eigenvalue weighted by atomic mass is 16.6. The number of amides is 1. The van der Waals surface area contributed by atoms with Crippen molar-refractivity contribution in [3.05, 3.63) is 18.5 Å². The molecular weight excluding hydrogens is 268 g/mol. The Morgan fingerprint density at radius 1 is 1.33 bits per heavy atom. The molecule has 6 nitrogen and oxygen atoms in total. The minimum absolute atomic E-state index is 0.228. The van der Waals surface area contributed by atoms with Gasteiger partial charge in [-0.1, -0.05) is 0 Å². The van der Waals surface area contributed by atoms with Gasteiger partial charge in [0.1, 0.15) is 5.60 Å². The van der Waals surface area contributed by atoms with E-state index in [0.29, 0.717) is 0 Å². The summed E-state index contributed by atoms with van der Waals surface area (Å²) in [6.45, 7) is 7.47. The molecule has 0 unspecified atom stereocenters. The third-order valence-corrected chi connectivity index (χ3v) is 3.63. The Kier molecular flexibility index (Phi) is 4.65. The highest BCUT2D eigenvalue weighted by Crippen LogP contribution is 2.22. The Hall–Kier alpha value is -1.85. The highest BCUT2D eigenvalue weighted by molar-refractivity contribution is 5.68. The Morgan fingerprint density at radius 2 is 2.00 bits per heavy atom. The minimum Gasteiger partial charge on any atom is -0.444 e. The fourth-order valence-electron chi connectivity index (χ4n) is 2.47. The largest absolute Gasteiger partial charge is 0.444 e. The van der Waals surface area contributed by atoms with Crippen LogP contribution < -0.4 is 4.90 Å². The Balaban J connectivity index is 1.87. The monoisotopic (exact) mass is 292 g/mol. The number of carbonyl (C=O) groups excluding carboxylic acids is 1. The van der Waals surface area contributed by atoms with Crippen LogP contribution in [0.1, 0.15) is 33.6 Å². The smallest absolute Gasteiger partial charge is 0.410 e. The predicted molar refractivity (Wildman–Crippen MR) is 81.3 cm³/mol. The third-order valence-electron chi connectivity index (χ3n) is 3.63. The van der Waals surface area contributed by atoms with Gasteiger partial charge in [0.15, 0.2) is 0 Å². The molecule has 1 aromatic heterocycles. The number of hydrogen-bond donors (Lipinski definition) is 0. The minimum atomic E-state index is -0.450. The maximum absolute atomic E-state index is 12.1. The molecule has 116 valence electrons. The molecule has 1 fully saturated rings. The van der Waals surface area contributed by atoms with Crippen LogP contribution in [0.2, 0.25) is 0 Å². The summed E-state index contributed by atoms with van der Waals surface area (Å²) < 4.78 is 5.42. The number of nitrogens with zero attached hydrogens (tertiary/aromatic N) is 4. The van der Waals surface area contributed by atoms with E-state index in [1.54, 1.807) is 17.3 Å². The van der Waals surface area contributed by atoms with Crippen LogP contribution in [0.3, 0.4) is 0 Å². The summed E-state index contributed by atoms with van der Waals surface area (Å²) in [4.78, 5) is 16.1. The first-order valence-corrected chi connectivity index (χ1v) is 7.34. The van der Waals surface area contributed by atoms with Crippen LogP contribution in [0.25, 0.3) is 0 Å². The van der Waals surface area contributed by atoms with Crippen molar-refractivity contribution in [3.63, 3.8) is 0 Å². The van der Waals surface area contributed by atoms with Gasteiger partial charge in [0.05, 0.1) is 18.1 Å². The molecule has 0 spiro atoms. The summed E-state index contributed by atoms with van der Waals surface area (Å²) in [5.74, 6) is 0. The first-order chi connectivity index (χ1) is 9.87. The van der Waals surface area contributed by atoms with E-state index in [9.17, 15) is 4.79 Å². The molecule has 1 saturated heterocycles. The summed E-state index contributed by atoms with van der Waals surface area (Å²) >= 11 is 0. The quantitative estimate of drug-likeness (QED) is 0.837. The molecule has 2 rings (SSSR count). The molecule has 1 aromatic rings. The summed E-state index contributed by atoms with van der Waals surface area (Å²) in [7, 11) is 1.82. The van der Waals surface area contributed by atoms with Crippen molar-refractivity contribution in [1.29, 1.82) is 0 Å². The zero-order valence-corrected chi connectivity index (χ0v) is 13.2. The van der Waals surface area contributed by atoms with Crippen LogP contribution in [0, 0.1) is 0 Å². The normalized spacial score (nSPS) is 16.7. The first kappa shape index (κ1) is 15.5. The Labute approximate surface area is 126 Å². The second-order valence-corrected chi connectivity index (χ2v) is 6.41. The summed E-state index contributed by atoms with van der Waals surface area (Å²) in [6.07, 6.45) is 5.09. The highest BCUT2D eigenvalue weighted by Gasteiger charge is 2.28. The molecule has 1 aliphatic rings. The summed E-state index contributed by atoms with van der Waals surface area (Å²) in [6, 6.07) is 2.19. The molecular formula is C15H24N4O2. The number of piperidine rings is 1. The van der Waals surface area contributed by atoms with Gasteiger partial charge in [0.2, 0.25) is 0 Å². The summed E-state index contributed by atoms with van der Waals surface area (Å²) in [5.41, 5.74) is 0.637. The Morgan fingerprint density at radius 3 is 2.52 bits per heavy atom. The van der Waals surface area contributed by atoms with E-state index in [1.165, 1.54) is 0 Å². The van der Waals surface area contributed by atoms with Crippen molar-refractivity contribution in [2.75, 3.05) is 25.0 Å². The average molecular weight is 292 g/mol. The lowest BCUT2D eigenvalue weighted by Gasteiger charge is -2.38. The zero-order chi connectivity index (χ0) is 15.5. The van der Waals surface area contributed by atoms with Gasteiger partial charge in [0, 0.05) is 26.2 Å². The van der Waals surface area contributed by atoms with Crippen LogP contribution in [-0.2, 0) is 4.74 Å². The van der Waals surface area contributed by atoms with Crippen molar-refractivity contribution >= 4 is 11.8 Å². The van der Waals surface area contributed by atoms with E-state index in [2.05, 4.69) is 15.1 Å². The fraction of sp³-hybridized carbons (Fsp3) is 0.667. The zero-order valence-electron chi connectivity index (χ0n) is 13.2. The lowest BCUT2D eigenvalue weighted by molar-refractivity contribution is 0.0201. The van der Waals surface area contributed by atoms with E-state index in [0.717, 1.165) is 31.6 Å². The van der Waals surface area contributed by atoms with Gasteiger partial charge in [-0.2, -0.15) is 10.2 Å². The molecule has 0 saturated carbocycles. The van der Waals surface area contributed by atoms with Crippen LogP contribution in [-0.4, -0.2) is 53.0 Å². The second-order valence-electron chi connectivity index (χ2n) is 6.41. The van der Waals surface area contributed by atoms with Gasteiger partial charge >= 0.3 is 6.09 Å².